The summed E-state index contributed by atoms with van der Waals surface area (Å²) < 4.78 is 0.398. The summed E-state index contributed by atoms with van der Waals surface area (Å²) >= 11 is 3.03. The van der Waals surface area contributed by atoms with E-state index in [2.05, 4.69) is 20.9 Å². The Morgan fingerprint density at radius 3 is 2.67 bits per heavy atom. The molecule has 6 heteroatoms. The second-order valence-corrected chi connectivity index (χ2v) is 2.95. The van der Waals surface area contributed by atoms with E-state index in [1.54, 1.807) is 0 Å². The fourth-order valence-corrected chi connectivity index (χ4v) is 1.22. The minimum absolute atomic E-state index is 0.160. The summed E-state index contributed by atoms with van der Waals surface area (Å²) in [7, 11) is -1.58. The quantitative estimate of drug-likeness (QED) is 0.401. The van der Waals surface area contributed by atoms with Gasteiger partial charge in [-0.05, 0) is 33.5 Å². The van der Waals surface area contributed by atoms with Crippen molar-refractivity contribution in [2.45, 2.75) is 0 Å². The average Bonchev–Trinajstić information content (AvgIpc) is 2.03. The summed E-state index contributed by atoms with van der Waals surface area (Å²) in [5.74, 6) is 0. The Balaban J connectivity index is 3.14. The number of rotatable bonds is 2. The zero-order valence-corrected chi connectivity index (χ0v) is 7.52. The summed E-state index contributed by atoms with van der Waals surface area (Å²) in [6.45, 7) is 0. The third-order valence-corrected chi connectivity index (χ3v) is 1.66. The topological polar surface area (TPSA) is 70.4 Å². The van der Waals surface area contributed by atoms with Gasteiger partial charge in [-0.3, -0.25) is 4.79 Å². The van der Waals surface area contributed by atoms with E-state index in [1.807, 2.05) is 0 Å². The van der Waals surface area contributed by atoms with E-state index in [-0.39, 0.29) is 11.2 Å². The largest absolute Gasteiger partial charge is 0.488 e. The molecule has 0 aliphatic carbocycles. The zero-order chi connectivity index (χ0) is 9.14. The van der Waals surface area contributed by atoms with Gasteiger partial charge in [-0.1, -0.05) is 0 Å². The first-order valence-electron chi connectivity index (χ1n) is 3.12. The van der Waals surface area contributed by atoms with E-state index in [0.717, 1.165) is 0 Å². The molecule has 0 aliphatic rings. The molecule has 12 heavy (non-hydrogen) atoms. The van der Waals surface area contributed by atoms with E-state index in [0.29, 0.717) is 10.9 Å². The average molecular weight is 230 g/mol. The van der Waals surface area contributed by atoms with E-state index >= 15 is 0 Å². The predicted molar refractivity (Wildman–Crippen MR) is 47.2 cm³/mol. The Morgan fingerprint density at radius 2 is 2.17 bits per heavy atom. The van der Waals surface area contributed by atoms with Crippen molar-refractivity contribution in [3.63, 3.8) is 0 Å². The van der Waals surface area contributed by atoms with Gasteiger partial charge in [0.25, 0.3) is 0 Å². The highest BCUT2D eigenvalue weighted by atomic mass is 79.9. The molecule has 0 amide bonds. The van der Waals surface area contributed by atoms with Gasteiger partial charge in [-0.2, -0.15) is 0 Å². The molecule has 0 spiro atoms. The van der Waals surface area contributed by atoms with Crippen LogP contribution in [0.3, 0.4) is 0 Å². The monoisotopic (exact) mass is 229 g/mol. The molecule has 0 unspecified atom stereocenters. The van der Waals surface area contributed by atoms with Crippen LogP contribution in [0, 0.1) is 0 Å². The molecule has 0 radical (unpaired) electrons. The molecule has 0 saturated heterocycles. The van der Waals surface area contributed by atoms with Gasteiger partial charge in [-0.25, -0.2) is 4.98 Å². The second-order valence-electron chi connectivity index (χ2n) is 2.14. The van der Waals surface area contributed by atoms with Crippen molar-refractivity contribution in [3.05, 3.63) is 22.4 Å². The van der Waals surface area contributed by atoms with Crippen LogP contribution in [0.1, 0.15) is 10.5 Å². The number of aldehydes is 1. The van der Waals surface area contributed by atoms with Crippen LogP contribution in [0.25, 0.3) is 0 Å². The first kappa shape index (κ1) is 9.37. The van der Waals surface area contributed by atoms with Crippen LogP contribution < -0.4 is 5.46 Å². The Labute approximate surface area is 77.5 Å². The van der Waals surface area contributed by atoms with Crippen molar-refractivity contribution in [1.29, 1.82) is 0 Å². The highest BCUT2D eigenvalue weighted by Crippen LogP contribution is 2.03. The fourth-order valence-electron chi connectivity index (χ4n) is 0.747. The molecule has 0 aliphatic heterocycles. The van der Waals surface area contributed by atoms with Gasteiger partial charge in [0.1, 0.15) is 10.3 Å². The lowest BCUT2D eigenvalue weighted by molar-refractivity contribution is 0.111. The number of halogens is 1. The molecule has 4 nitrogen and oxygen atoms in total. The van der Waals surface area contributed by atoms with Crippen molar-refractivity contribution in [1.82, 2.24) is 4.98 Å². The van der Waals surface area contributed by atoms with Crippen molar-refractivity contribution < 1.29 is 14.8 Å². The van der Waals surface area contributed by atoms with Gasteiger partial charge in [0, 0.05) is 0 Å². The molecule has 1 rings (SSSR count). The Hall–Kier alpha value is -0.715. The Bertz CT molecular complexity index is 305. The van der Waals surface area contributed by atoms with Crippen molar-refractivity contribution in [2.24, 2.45) is 0 Å². The van der Waals surface area contributed by atoms with Crippen LogP contribution >= 0.6 is 15.9 Å². The van der Waals surface area contributed by atoms with Gasteiger partial charge in [0.05, 0.1) is 0 Å². The SMILES string of the molecule is O=Cc1cc(B(O)O)cc(Br)n1. The zero-order valence-electron chi connectivity index (χ0n) is 5.94. The maximum atomic E-state index is 10.3. The molecule has 62 valence electrons. The van der Waals surface area contributed by atoms with Crippen molar-refractivity contribution >= 4 is 34.8 Å². The molecule has 0 bridgehead atoms. The lowest BCUT2D eigenvalue weighted by Gasteiger charge is -1.99. The lowest BCUT2D eigenvalue weighted by Crippen LogP contribution is -2.30. The lowest BCUT2D eigenvalue weighted by atomic mass is 9.81. The predicted octanol–water partition coefficient (Wildman–Crippen LogP) is -0.664. The molecule has 2 N–H and O–H groups in total. The van der Waals surface area contributed by atoms with E-state index in [9.17, 15) is 4.79 Å². The molecule has 1 heterocycles. The molecule has 1 aromatic rings. The number of hydrogen-bond acceptors (Lipinski definition) is 4. The smallest absolute Gasteiger partial charge is 0.423 e. The molecule has 0 aromatic carbocycles. The van der Waals surface area contributed by atoms with E-state index < -0.39 is 7.12 Å². The summed E-state index contributed by atoms with van der Waals surface area (Å²) in [6.07, 6.45) is 0.538. The van der Waals surface area contributed by atoms with Crippen LogP contribution in [-0.2, 0) is 0 Å². The second kappa shape index (κ2) is 3.80. The summed E-state index contributed by atoms with van der Waals surface area (Å²) in [5.41, 5.74) is 0.395. The van der Waals surface area contributed by atoms with Crippen LogP contribution in [0.2, 0.25) is 0 Å². The number of hydrogen-bond donors (Lipinski definition) is 2. The third-order valence-electron chi connectivity index (χ3n) is 1.26. The minimum atomic E-state index is -1.58. The van der Waals surface area contributed by atoms with Crippen molar-refractivity contribution in [3.8, 4) is 0 Å². The first-order valence-corrected chi connectivity index (χ1v) is 3.91. The number of aromatic nitrogens is 1. The van der Waals surface area contributed by atoms with Crippen LogP contribution in [-0.4, -0.2) is 28.4 Å². The minimum Gasteiger partial charge on any atom is -0.423 e. The molecule has 0 atom stereocenters. The first-order chi connectivity index (χ1) is 5.63. The van der Waals surface area contributed by atoms with Gasteiger partial charge < -0.3 is 10.0 Å². The fraction of sp³-hybridized carbons (Fsp3) is 0. The third kappa shape index (κ3) is 2.13. The maximum Gasteiger partial charge on any atom is 0.488 e. The van der Waals surface area contributed by atoms with Crippen LogP contribution in [0.4, 0.5) is 0 Å². The number of pyridine rings is 1. The van der Waals surface area contributed by atoms with Gasteiger partial charge >= 0.3 is 7.12 Å². The van der Waals surface area contributed by atoms with E-state index in [1.165, 1.54) is 12.1 Å². The van der Waals surface area contributed by atoms with Crippen LogP contribution in [0.5, 0.6) is 0 Å². The summed E-state index contributed by atoms with van der Waals surface area (Å²) in [4.78, 5) is 14.0. The highest BCUT2D eigenvalue weighted by molar-refractivity contribution is 9.10. The Morgan fingerprint density at radius 1 is 1.50 bits per heavy atom. The normalized spacial score (nSPS) is 9.58. The van der Waals surface area contributed by atoms with Gasteiger partial charge in [0.2, 0.25) is 0 Å². The Kier molecular flexibility index (Phi) is 2.96. The van der Waals surface area contributed by atoms with Crippen LogP contribution in [0.15, 0.2) is 16.7 Å². The molecule has 0 saturated carbocycles. The summed E-state index contributed by atoms with van der Waals surface area (Å²) in [6, 6.07) is 2.74. The van der Waals surface area contributed by atoms with Gasteiger partial charge in [-0.15, -0.1) is 0 Å². The molecular formula is C6H5BBrNO3. The molecule has 1 aromatic heterocycles. The number of carbonyl (C=O) groups excluding carboxylic acids is 1. The van der Waals surface area contributed by atoms with Gasteiger partial charge in [0.15, 0.2) is 6.29 Å². The standard InChI is InChI=1S/C6H5BBrNO3/c8-6-2-4(7(11)12)1-5(3-10)9-6/h1-3,11-12H. The van der Waals surface area contributed by atoms with E-state index in [4.69, 9.17) is 10.0 Å². The maximum absolute atomic E-state index is 10.3. The molecule has 0 fully saturated rings. The summed E-state index contributed by atoms with van der Waals surface area (Å²) in [5, 5.41) is 17.5. The molecular weight excluding hydrogens is 225 g/mol. The number of nitrogens with zero attached hydrogens (tertiary/aromatic N) is 1. The highest BCUT2D eigenvalue weighted by Gasteiger charge is 2.12. The van der Waals surface area contributed by atoms with Crippen molar-refractivity contribution in [2.75, 3.05) is 0 Å². The number of carbonyl (C=O) groups is 1.